The molecular formula is C23H22N4O. The van der Waals surface area contributed by atoms with E-state index in [1.54, 1.807) is 12.4 Å². The summed E-state index contributed by atoms with van der Waals surface area (Å²) in [6.45, 7) is 2.52. The molecule has 1 atom stereocenters. The number of imidazole rings is 1. The van der Waals surface area contributed by atoms with Crippen molar-refractivity contribution in [2.24, 2.45) is 0 Å². The number of benzene rings is 1. The highest BCUT2D eigenvalue weighted by molar-refractivity contribution is 5.77. The number of carbonyl (C=O) groups is 1. The molecule has 0 saturated carbocycles. The van der Waals surface area contributed by atoms with E-state index >= 15 is 0 Å². The molecule has 0 bridgehead atoms. The zero-order valence-corrected chi connectivity index (χ0v) is 15.7. The highest BCUT2D eigenvalue weighted by Gasteiger charge is 2.22. The Hall–Kier alpha value is -3.47. The van der Waals surface area contributed by atoms with Crippen LogP contribution in [-0.2, 0) is 11.3 Å². The molecule has 140 valence electrons. The van der Waals surface area contributed by atoms with Crippen molar-refractivity contribution in [1.82, 2.24) is 19.7 Å². The average molecular weight is 370 g/mol. The van der Waals surface area contributed by atoms with Crippen LogP contribution in [0.2, 0.25) is 0 Å². The molecule has 0 saturated heterocycles. The Labute approximate surface area is 164 Å². The van der Waals surface area contributed by atoms with Crippen LogP contribution in [0.5, 0.6) is 0 Å². The lowest BCUT2D eigenvalue weighted by atomic mass is 9.92. The highest BCUT2D eigenvalue weighted by Crippen LogP contribution is 2.29. The molecule has 0 aliphatic heterocycles. The Bertz CT molecular complexity index is 1070. The molecule has 4 aromatic rings. The normalized spacial score (nSPS) is 12.0. The Morgan fingerprint density at radius 1 is 1.07 bits per heavy atom. The minimum atomic E-state index is -0.0769. The molecule has 28 heavy (non-hydrogen) atoms. The van der Waals surface area contributed by atoms with Gasteiger partial charge >= 0.3 is 0 Å². The van der Waals surface area contributed by atoms with Gasteiger partial charge in [0, 0.05) is 43.7 Å². The number of hydrogen-bond donors (Lipinski definition) is 1. The molecule has 0 aliphatic carbocycles. The van der Waals surface area contributed by atoms with Crippen LogP contribution in [-0.4, -0.2) is 20.3 Å². The fourth-order valence-electron chi connectivity index (χ4n) is 3.47. The lowest BCUT2D eigenvalue weighted by molar-refractivity contribution is -0.121. The number of fused-ring (bicyclic) bond motifs is 1. The maximum atomic E-state index is 12.7. The molecule has 3 aromatic heterocycles. The molecular weight excluding hydrogens is 348 g/mol. The third-order valence-electron chi connectivity index (χ3n) is 4.92. The molecule has 1 amide bonds. The summed E-state index contributed by atoms with van der Waals surface area (Å²) in [4.78, 5) is 21.4. The van der Waals surface area contributed by atoms with Gasteiger partial charge in [-0.2, -0.15) is 0 Å². The molecule has 0 spiro atoms. The summed E-state index contributed by atoms with van der Waals surface area (Å²) >= 11 is 0. The molecule has 1 aromatic carbocycles. The average Bonchev–Trinajstić information content (AvgIpc) is 3.17. The first-order chi connectivity index (χ1) is 13.7. The van der Waals surface area contributed by atoms with Crippen molar-refractivity contribution in [2.75, 3.05) is 0 Å². The Kier molecular flexibility index (Phi) is 5.15. The van der Waals surface area contributed by atoms with E-state index in [-0.39, 0.29) is 11.8 Å². The fourth-order valence-corrected chi connectivity index (χ4v) is 3.47. The number of rotatable bonds is 6. The summed E-state index contributed by atoms with van der Waals surface area (Å²) in [6.07, 6.45) is 7.74. The number of pyridine rings is 2. The van der Waals surface area contributed by atoms with E-state index in [0.29, 0.717) is 13.0 Å². The maximum absolute atomic E-state index is 12.7. The molecule has 0 aliphatic rings. The first-order valence-corrected chi connectivity index (χ1v) is 9.35. The quantitative estimate of drug-likeness (QED) is 0.560. The number of nitrogens with zero attached hydrogens (tertiary/aromatic N) is 3. The second-order valence-corrected chi connectivity index (χ2v) is 6.87. The summed E-state index contributed by atoms with van der Waals surface area (Å²) in [6, 6.07) is 18.0. The van der Waals surface area contributed by atoms with Gasteiger partial charge in [-0.05, 0) is 35.7 Å². The van der Waals surface area contributed by atoms with E-state index in [9.17, 15) is 4.79 Å². The second-order valence-electron chi connectivity index (χ2n) is 6.87. The SMILES string of the molecule is Cc1cccn2c([C@@H](CC(=O)NCc3cccnc3)c3ccccc3)cnc12. The van der Waals surface area contributed by atoms with Crippen molar-refractivity contribution in [3.63, 3.8) is 0 Å². The van der Waals surface area contributed by atoms with E-state index < -0.39 is 0 Å². The summed E-state index contributed by atoms with van der Waals surface area (Å²) in [5, 5.41) is 3.01. The lowest BCUT2D eigenvalue weighted by Gasteiger charge is -2.17. The van der Waals surface area contributed by atoms with Crippen LogP contribution >= 0.6 is 0 Å². The Balaban J connectivity index is 1.61. The Morgan fingerprint density at radius 2 is 1.93 bits per heavy atom. The lowest BCUT2D eigenvalue weighted by Crippen LogP contribution is -2.25. The molecule has 0 unspecified atom stereocenters. The van der Waals surface area contributed by atoms with E-state index in [2.05, 4.69) is 31.8 Å². The summed E-state index contributed by atoms with van der Waals surface area (Å²) in [5.41, 5.74) is 5.14. The van der Waals surface area contributed by atoms with Crippen molar-refractivity contribution in [3.05, 3.63) is 102 Å². The van der Waals surface area contributed by atoms with E-state index in [4.69, 9.17) is 0 Å². The predicted octanol–water partition coefficient (Wildman–Crippen LogP) is 3.88. The van der Waals surface area contributed by atoms with Crippen LogP contribution in [0.15, 0.2) is 79.4 Å². The first-order valence-electron chi connectivity index (χ1n) is 9.35. The third-order valence-corrected chi connectivity index (χ3v) is 4.92. The van der Waals surface area contributed by atoms with Crippen molar-refractivity contribution >= 4 is 11.6 Å². The number of aryl methyl sites for hydroxylation is 1. The van der Waals surface area contributed by atoms with Gasteiger partial charge in [0.25, 0.3) is 0 Å². The zero-order valence-electron chi connectivity index (χ0n) is 15.7. The first kappa shape index (κ1) is 17.9. The largest absolute Gasteiger partial charge is 0.352 e. The van der Waals surface area contributed by atoms with Crippen LogP contribution in [0, 0.1) is 6.92 Å². The van der Waals surface area contributed by atoms with Gasteiger partial charge in [0.15, 0.2) is 0 Å². The Morgan fingerprint density at radius 3 is 2.71 bits per heavy atom. The highest BCUT2D eigenvalue weighted by atomic mass is 16.1. The number of amides is 1. The number of nitrogens with one attached hydrogen (secondary N) is 1. The molecule has 0 radical (unpaired) electrons. The summed E-state index contributed by atoms with van der Waals surface area (Å²) in [7, 11) is 0. The molecule has 1 N–H and O–H groups in total. The fraction of sp³-hybridized carbons (Fsp3) is 0.174. The van der Waals surface area contributed by atoms with Crippen molar-refractivity contribution in [2.45, 2.75) is 25.8 Å². The van der Waals surface area contributed by atoms with Crippen LogP contribution < -0.4 is 5.32 Å². The number of aromatic nitrogens is 3. The number of hydrogen-bond acceptors (Lipinski definition) is 3. The second kappa shape index (κ2) is 8.05. The summed E-state index contributed by atoms with van der Waals surface area (Å²) < 4.78 is 2.08. The van der Waals surface area contributed by atoms with Crippen molar-refractivity contribution in [1.29, 1.82) is 0 Å². The van der Waals surface area contributed by atoms with Crippen molar-refractivity contribution < 1.29 is 4.79 Å². The van der Waals surface area contributed by atoms with Gasteiger partial charge in [-0.1, -0.05) is 42.5 Å². The molecule has 5 heteroatoms. The topological polar surface area (TPSA) is 59.3 Å². The molecule has 3 heterocycles. The van der Waals surface area contributed by atoms with Gasteiger partial charge in [-0.3, -0.25) is 9.78 Å². The predicted molar refractivity (Wildman–Crippen MR) is 109 cm³/mol. The van der Waals surface area contributed by atoms with E-state index in [0.717, 1.165) is 28.0 Å². The smallest absolute Gasteiger partial charge is 0.221 e. The molecule has 5 nitrogen and oxygen atoms in total. The molecule has 0 fully saturated rings. The van der Waals surface area contributed by atoms with Crippen LogP contribution in [0.1, 0.15) is 34.7 Å². The van der Waals surface area contributed by atoms with E-state index in [1.165, 1.54) is 0 Å². The van der Waals surface area contributed by atoms with Gasteiger partial charge in [0.1, 0.15) is 5.65 Å². The van der Waals surface area contributed by atoms with Crippen LogP contribution in [0.25, 0.3) is 5.65 Å². The van der Waals surface area contributed by atoms with Gasteiger partial charge < -0.3 is 9.72 Å². The maximum Gasteiger partial charge on any atom is 0.221 e. The van der Waals surface area contributed by atoms with Crippen LogP contribution in [0.4, 0.5) is 0 Å². The minimum absolute atomic E-state index is 0.000286. The van der Waals surface area contributed by atoms with Gasteiger partial charge in [-0.25, -0.2) is 4.98 Å². The molecule has 4 rings (SSSR count). The third kappa shape index (κ3) is 3.78. The van der Waals surface area contributed by atoms with Gasteiger partial charge in [0.2, 0.25) is 5.91 Å². The van der Waals surface area contributed by atoms with Gasteiger partial charge in [-0.15, -0.1) is 0 Å². The number of carbonyl (C=O) groups excluding carboxylic acids is 1. The van der Waals surface area contributed by atoms with Gasteiger partial charge in [0.05, 0.1) is 5.69 Å². The minimum Gasteiger partial charge on any atom is -0.352 e. The zero-order chi connectivity index (χ0) is 19.3. The van der Waals surface area contributed by atoms with Crippen molar-refractivity contribution in [3.8, 4) is 0 Å². The summed E-state index contributed by atoms with van der Waals surface area (Å²) in [5.74, 6) is -0.0767. The monoisotopic (exact) mass is 370 g/mol. The van der Waals surface area contributed by atoms with E-state index in [1.807, 2.05) is 61.8 Å². The van der Waals surface area contributed by atoms with Crippen LogP contribution in [0.3, 0.4) is 0 Å². The standard InChI is InChI=1S/C23H22N4O/c1-17-7-6-12-27-21(16-26-23(17)27)20(19-9-3-2-4-10-19)13-22(28)25-15-18-8-5-11-24-14-18/h2-12,14,16,20H,13,15H2,1H3,(H,25,28)/t20-/m0/s1.